The Bertz CT molecular complexity index is 741. The summed E-state index contributed by atoms with van der Waals surface area (Å²) < 4.78 is 2.07. The van der Waals surface area contributed by atoms with Gasteiger partial charge in [0.25, 0.3) is 0 Å². The number of nitrogens with zero attached hydrogens (tertiary/aromatic N) is 2. The first kappa shape index (κ1) is 11.5. The van der Waals surface area contributed by atoms with Crippen molar-refractivity contribution in [2.75, 3.05) is 0 Å². The molecule has 1 aliphatic carbocycles. The first-order valence-electron chi connectivity index (χ1n) is 7.09. The molecule has 0 radical (unpaired) electrons. The van der Waals surface area contributed by atoms with Gasteiger partial charge in [0.15, 0.2) is 0 Å². The Morgan fingerprint density at radius 2 is 1.60 bits per heavy atom. The van der Waals surface area contributed by atoms with Crippen LogP contribution in [-0.2, 0) is 19.4 Å². The van der Waals surface area contributed by atoms with Crippen LogP contribution in [0.5, 0.6) is 0 Å². The molecule has 0 spiro atoms. The van der Waals surface area contributed by atoms with E-state index in [1.165, 1.54) is 27.9 Å². The summed E-state index contributed by atoms with van der Waals surface area (Å²) in [6.45, 7) is 0.843. The number of benzene rings is 2. The van der Waals surface area contributed by atoms with Crippen LogP contribution in [0.1, 0.15) is 16.7 Å². The molecule has 20 heavy (non-hydrogen) atoms. The molecule has 0 saturated carbocycles. The molecular weight excluding hydrogens is 244 g/mol. The lowest BCUT2D eigenvalue weighted by atomic mass is 9.91. The summed E-state index contributed by atoms with van der Waals surface area (Å²) in [4.78, 5) is 0. The zero-order valence-corrected chi connectivity index (χ0v) is 11.3. The topological polar surface area (TPSA) is 17.8 Å². The fourth-order valence-electron chi connectivity index (χ4n) is 2.96. The maximum atomic E-state index is 4.80. The van der Waals surface area contributed by atoms with Gasteiger partial charge in [-0.2, -0.15) is 5.10 Å². The van der Waals surface area contributed by atoms with Gasteiger partial charge in [0.05, 0.1) is 12.2 Å². The van der Waals surface area contributed by atoms with Crippen molar-refractivity contribution in [2.45, 2.75) is 19.4 Å². The second-order valence-electron chi connectivity index (χ2n) is 5.34. The van der Waals surface area contributed by atoms with Crippen molar-refractivity contribution < 1.29 is 0 Å². The van der Waals surface area contributed by atoms with Gasteiger partial charge in [0.1, 0.15) is 0 Å². The maximum absolute atomic E-state index is 4.80. The second kappa shape index (κ2) is 4.64. The average molecular weight is 260 g/mol. The first-order valence-corrected chi connectivity index (χ1v) is 7.09. The van der Waals surface area contributed by atoms with E-state index < -0.39 is 0 Å². The van der Waals surface area contributed by atoms with Gasteiger partial charge in [-0.05, 0) is 29.5 Å². The Hall–Kier alpha value is -2.35. The zero-order valence-electron chi connectivity index (χ0n) is 11.3. The third kappa shape index (κ3) is 1.94. The van der Waals surface area contributed by atoms with Crippen molar-refractivity contribution in [3.05, 3.63) is 77.5 Å². The van der Waals surface area contributed by atoms with Crippen LogP contribution in [0, 0.1) is 0 Å². The van der Waals surface area contributed by atoms with Crippen LogP contribution in [0.15, 0.2) is 60.8 Å². The number of hydrogen-bond donors (Lipinski definition) is 0. The molecule has 0 fully saturated rings. The van der Waals surface area contributed by atoms with E-state index in [-0.39, 0.29) is 0 Å². The van der Waals surface area contributed by atoms with E-state index >= 15 is 0 Å². The van der Waals surface area contributed by atoms with E-state index in [9.17, 15) is 0 Å². The highest BCUT2D eigenvalue weighted by Crippen LogP contribution is 2.31. The Kier molecular flexibility index (Phi) is 2.66. The van der Waals surface area contributed by atoms with Gasteiger partial charge in [0, 0.05) is 11.8 Å². The minimum absolute atomic E-state index is 0.843. The molecule has 2 nitrogen and oxygen atoms in total. The van der Waals surface area contributed by atoms with Crippen LogP contribution in [0.4, 0.5) is 0 Å². The molecule has 0 amide bonds. The Labute approximate surface area is 118 Å². The normalized spacial score (nSPS) is 12.8. The fraction of sp³-hybridized carbons (Fsp3) is 0.167. The maximum Gasteiger partial charge on any atom is 0.0958 e. The molecule has 3 aromatic rings. The van der Waals surface area contributed by atoms with Crippen molar-refractivity contribution in [1.29, 1.82) is 0 Å². The third-order valence-electron chi connectivity index (χ3n) is 3.96. The number of fused-ring (bicyclic) bond motifs is 3. The van der Waals surface area contributed by atoms with E-state index in [0.717, 1.165) is 19.4 Å². The number of aromatic nitrogens is 2. The summed E-state index contributed by atoms with van der Waals surface area (Å²) in [5.74, 6) is 0. The summed E-state index contributed by atoms with van der Waals surface area (Å²) in [6.07, 6.45) is 4.43. The molecule has 0 aliphatic heterocycles. The van der Waals surface area contributed by atoms with E-state index in [4.69, 9.17) is 5.10 Å². The molecule has 1 aromatic heterocycles. The number of aryl methyl sites for hydroxylation is 2. The van der Waals surface area contributed by atoms with Gasteiger partial charge in [-0.25, -0.2) is 0 Å². The average Bonchev–Trinajstić information content (AvgIpc) is 2.91. The minimum atomic E-state index is 0.843. The van der Waals surface area contributed by atoms with Crippen LogP contribution in [0.2, 0.25) is 0 Å². The molecule has 1 heterocycles. The molecule has 4 rings (SSSR count). The lowest BCUT2D eigenvalue weighted by Gasteiger charge is -2.13. The summed E-state index contributed by atoms with van der Waals surface area (Å²) in [6, 6.07) is 19.1. The molecule has 1 aliphatic rings. The largest absolute Gasteiger partial charge is 0.267 e. The van der Waals surface area contributed by atoms with E-state index in [1.54, 1.807) is 0 Å². The molecule has 0 unspecified atom stereocenters. The van der Waals surface area contributed by atoms with Gasteiger partial charge in [0.2, 0.25) is 0 Å². The van der Waals surface area contributed by atoms with Gasteiger partial charge < -0.3 is 0 Å². The van der Waals surface area contributed by atoms with Gasteiger partial charge in [-0.15, -0.1) is 0 Å². The fourth-order valence-corrected chi connectivity index (χ4v) is 2.96. The van der Waals surface area contributed by atoms with Crippen molar-refractivity contribution in [3.8, 4) is 11.3 Å². The molecule has 0 N–H and O–H groups in total. The quantitative estimate of drug-likeness (QED) is 0.687. The molecule has 0 atom stereocenters. The van der Waals surface area contributed by atoms with Crippen LogP contribution < -0.4 is 0 Å². The lowest BCUT2D eigenvalue weighted by Crippen LogP contribution is -2.02. The van der Waals surface area contributed by atoms with Crippen molar-refractivity contribution in [2.24, 2.45) is 0 Å². The van der Waals surface area contributed by atoms with E-state index in [2.05, 4.69) is 59.4 Å². The standard InChI is InChI=1S/C18H16N2/c1-2-6-14(7-3-1)12-20-13-16-11-10-15-8-4-5-9-17(15)18(16)19-20/h1-9,13H,10-12H2. The third-order valence-corrected chi connectivity index (χ3v) is 3.96. The molecule has 2 aromatic carbocycles. The molecule has 98 valence electrons. The number of hydrogen-bond acceptors (Lipinski definition) is 1. The van der Waals surface area contributed by atoms with Crippen LogP contribution in [0.3, 0.4) is 0 Å². The van der Waals surface area contributed by atoms with Gasteiger partial charge in [-0.3, -0.25) is 4.68 Å². The number of rotatable bonds is 2. The van der Waals surface area contributed by atoms with Crippen molar-refractivity contribution in [3.63, 3.8) is 0 Å². The summed E-state index contributed by atoms with van der Waals surface area (Å²) in [5, 5.41) is 4.80. The molecule has 0 saturated heterocycles. The summed E-state index contributed by atoms with van der Waals surface area (Å²) in [5.41, 5.74) is 6.56. The Morgan fingerprint density at radius 1 is 0.850 bits per heavy atom. The minimum Gasteiger partial charge on any atom is -0.267 e. The highest BCUT2D eigenvalue weighted by atomic mass is 15.3. The second-order valence-corrected chi connectivity index (χ2v) is 5.34. The van der Waals surface area contributed by atoms with Crippen LogP contribution in [0.25, 0.3) is 11.3 Å². The van der Waals surface area contributed by atoms with Crippen LogP contribution >= 0.6 is 0 Å². The predicted octanol–water partition coefficient (Wildman–Crippen LogP) is 3.70. The summed E-state index contributed by atoms with van der Waals surface area (Å²) >= 11 is 0. The lowest BCUT2D eigenvalue weighted by molar-refractivity contribution is 0.689. The van der Waals surface area contributed by atoms with E-state index in [1.807, 2.05) is 6.07 Å². The molecule has 2 heteroatoms. The molecule has 0 bridgehead atoms. The van der Waals surface area contributed by atoms with Crippen molar-refractivity contribution >= 4 is 0 Å². The highest BCUT2D eigenvalue weighted by molar-refractivity contribution is 5.69. The first-order chi connectivity index (χ1) is 9.90. The Balaban J connectivity index is 1.72. The van der Waals surface area contributed by atoms with Crippen molar-refractivity contribution in [1.82, 2.24) is 9.78 Å². The smallest absolute Gasteiger partial charge is 0.0958 e. The zero-order chi connectivity index (χ0) is 13.4. The predicted molar refractivity (Wildman–Crippen MR) is 80.6 cm³/mol. The van der Waals surface area contributed by atoms with Gasteiger partial charge in [-0.1, -0.05) is 54.6 Å². The SMILES string of the molecule is c1ccc(Cn2cc3c(n2)-c2ccccc2CC3)cc1. The molecular formula is C18H16N2. The monoisotopic (exact) mass is 260 g/mol. The van der Waals surface area contributed by atoms with Gasteiger partial charge >= 0.3 is 0 Å². The van der Waals surface area contributed by atoms with Crippen LogP contribution in [-0.4, -0.2) is 9.78 Å². The summed E-state index contributed by atoms with van der Waals surface area (Å²) in [7, 11) is 0. The Morgan fingerprint density at radius 3 is 2.50 bits per heavy atom. The highest BCUT2D eigenvalue weighted by Gasteiger charge is 2.19. The van der Waals surface area contributed by atoms with E-state index in [0.29, 0.717) is 0 Å².